The maximum atomic E-state index is 11.5. The van der Waals surface area contributed by atoms with Crippen molar-refractivity contribution in [3.8, 4) is 0 Å². The third-order valence-electron chi connectivity index (χ3n) is 2.79. The van der Waals surface area contributed by atoms with Crippen LogP contribution in [0.5, 0.6) is 0 Å². The molecule has 0 fully saturated rings. The summed E-state index contributed by atoms with van der Waals surface area (Å²) in [6, 6.07) is 7.87. The molecular formula is C15H24N2O. The van der Waals surface area contributed by atoms with Gasteiger partial charge in [-0.25, -0.2) is 0 Å². The highest BCUT2D eigenvalue weighted by molar-refractivity contribution is 5.92. The average molecular weight is 248 g/mol. The average Bonchev–Trinajstić information content (AvgIpc) is 2.36. The summed E-state index contributed by atoms with van der Waals surface area (Å²) in [5.41, 5.74) is 1.96. The molecule has 3 heteroatoms. The zero-order valence-corrected chi connectivity index (χ0v) is 11.6. The molecule has 18 heavy (non-hydrogen) atoms. The van der Waals surface area contributed by atoms with Crippen LogP contribution in [0.3, 0.4) is 0 Å². The lowest BCUT2D eigenvalue weighted by molar-refractivity contribution is -0.118. The number of nitrogens with one attached hydrogen (secondary N) is 2. The zero-order chi connectivity index (χ0) is 13.4. The lowest BCUT2D eigenvalue weighted by Gasteiger charge is -2.09. The van der Waals surface area contributed by atoms with Crippen molar-refractivity contribution < 1.29 is 4.79 Å². The van der Waals surface area contributed by atoms with Crippen molar-refractivity contribution >= 4 is 17.3 Å². The smallest absolute Gasteiger partial charge is 0.226 e. The molecule has 1 aromatic carbocycles. The minimum atomic E-state index is 0.0110. The van der Waals surface area contributed by atoms with Gasteiger partial charge in [-0.1, -0.05) is 33.6 Å². The summed E-state index contributed by atoms with van der Waals surface area (Å²) in [7, 11) is 0. The van der Waals surface area contributed by atoms with Gasteiger partial charge in [0, 0.05) is 23.8 Å². The van der Waals surface area contributed by atoms with Gasteiger partial charge in [0.1, 0.15) is 0 Å². The minimum Gasteiger partial charge on any atom is -0.385 e. The summed E-state index contributed by atoms with van der Waals surface area (Å²) >= 11 is 0. The van der Waals surface area contributed by atoms with Crippen LogP contribution in [0.4, 0.5) is 11.4 Å². The second kappa shape index (κ2) is 7.75. The van der Waals surface area contributed by atoms with Crippen LogP contribution in [0.15, 0.2) is 24.3 Å². The summed E-state index contributed by atoms with van der Waals surface area (Å²) in [4.78, 5) is 11.5. The molecule has 0 saturated carbocycles. The van der Waals surface area contributed by atoms with E-state index in [1.54, 1.807) is 0 Å². The Balaban J connectivity index is 2.40. The van der Waals surface area contributed by atoms with Gasteiger partial charge in [0.25, 0.3) is 0 Å². The number of carbonyl (C=O) groups is 1. The molecule has 0 spiro atoms. The Kier molecular flexibility index (Phi) is 6.26. The lowest BCUT2D eigenvalue weighted by atomic mass is 10.2. The molecule has 2 N–H and O–H groups in total. The summed E-state index contributed by atoms with van der Waals surface area (Å²) < 4.78 is 0. The topological polar surface area (TPSA) is 41.1 Å². The predicted octanol–water partition coefficient (Wildman–Crippen LogP) is 3.88. The SMILES string of the molecule is CCCCCNc1ccc(NC(=O)C(C)C)cc1. The summed E-state index contributed by atoms with van der Waals surface area (Å²) in [5.74, 6) is 0.0653. The van der Waals surface area contributed by atoms with E-state index in [1.165, 1.54) is 19.3 Å². The number of hydrogen-bond donors (Lipinski definition) is 2. The number of hydrogen-bond acceptors (Lipinski definition) is 2. The molecule has 0 aliphatic rings. The molecule has 1 rings (SSSR count). The lowest BCUT2D eigenvalue weighted by Crippen LogP contribution is -2.17. The first kappa shape index (κ1) is 14.6. The van der Waals surface area contributed by atoms with E-state index in [-0.39, 0.29) is 11.8 Å². The zero-order valence-electron chi connectivity index (χ0n) is 11.6. The first-order valence-electron chi connectivity index (χ1n) is 6.78. The minimum absolute atomic E-state index is 0.0110. The van der Waals surface area contributed by atoms with Crippen molar-refractivity contribution in [2.45, 2.75) is 40.0 Å². The fourth-order valence-corrected chi connectivity index (χ4v) is 1.57. The van der Waals surface area contributed by atoms with Gasteiger partial charge in [-0.15, -0.1) is 0 Å². The third-order valence-corrected chi connectivity index (χ3v) is 2.79. The van der Waals surface area contributed by atoms with Crippen LogP contribution < -0.4 is 10.6 Å². The number of anilines is 2. The van der Waals surface area contributed by atoms with Crippen LogP contribution in [0.1, 0.15) is 40.0 Å². The van der Waals surface area contributed by atoms with Crippen molar-refractivity contribution in [1.82, 2.24) is 0 Å². The van der Waals surface area contributed by atoms with E-state index in [0.29, 0.717) is 0 Å². The molecule has 3 nitrogen and oxygen atoms in total. The van der Waals surface area contributed by atoms with Crippen LogP contribution in [-0.2, 0) is 4.79 Å². The molecule has 0 aromatic heterocycles. The Morgan fingerprint density at radius 3 is 2.28 bits per heavy atom. The van der Waals surface area contributed by atoms with Crippen molar-refractivity contribution in [3.63, 3.8) is 0 Å². The Bertz CT molecular complexity index is 357. The Hall–Kier alpha value is -1.51. The summed E-state index contributed by atoms with van der Waals surface area (Å²) in [6.07, 6.45) is 3.69. The molecule has 1 amide bonds. The Morgan fingerprint density at radius 2 is 1.72 bits per heavy atom. The summed E-state index contributed by atoms with van der Waals surface area (Å²) in [6.45, 7) is 6.98. The van der Waals surface area contributed by atoms with Crippen molar-refractivity contribution in [1.29, 1.82) is 0 Å². The van der Waals surface area contributed by atoms with Gasteiger partial charge in [0.05, 0.1) is 0 Å². The standard InChI is InChI=1S/C15H24N2O/c1-4-5-6-11-16-13-7-9-14(10-8-13)17-15(18)12(2)3/h7-10,12,16H,4-6,11H2,1-3H3,(H,17,18). The molecule has 100 valence electrons. The van der Waals surface area contributed by atoms with Crippen molar-refractivity contribution in [2.75, 3.05) is 17.2 Å². The monoisotopic (exact) mass is 248 g/mol. The highest BCUT2D eigenvalue weighted by atomic mass is 16.1. The molecular weight excluding hydrogens is 224 g/mol. The fourth-order valence-electron chi connectivity index (χ4n) is 1.57. The first-order chi connectivity index (χ1) is 8.63. The maximum absolute atomic E-state index is 11.5. The van der Waals surface area contributed by atoms with Gasteiger partial charge in [-0.05, 0) is 30.7 Å². The number of carbonyl (C=O) groups excluding carboxylic acids is 1. The van der Waals surface area contributed by atoms with E-state index in [9.17, 15) is 4.79 Å². The Morgan fingerprint density at radius 1 is 1.11 bits per heavy atom. The van der Waals surface area contributed by atoms with E-state index in [4.69, 9.17) is 0 Å². The maximum Gasteiger partial charge on any atom is 0.226 e. The largest absolute Gasteiger partial charge is 0.385 e. The molecule has 0 aliphatic heterocycles. The normalized spacial score (nSPS) is 10.4. The van der Waals surface area contributed by atoms with E-state index in [0.717, 1.165) is 17.9 Å². The van der Waals surface area contributed by atoms with E-state index in [1.807, 2.05) is 38.1 Å². The molecule has 0 atom stereocenters. The van der Waals surface area contributed by atoms with Crippen LogP contribution in [-0.4, -0.2) is 12.5 Å². The van der Waals surface area contributed by atoms with Gasteiger partial charge in [-0.3, -0.25) is 4.79 Å². The summed E-state index contributed by atoms with van der Waals surface area (Å²) in [5, 5.41) is 6.25. The fraction of sp³-hybridized carbons (Fsp3) is 0.533. The number of amides is 1. The number of benzene rings is 1. The van der Waals surface area contributed by atoms with Crippen LogP contribution in [0.2, 0.25) is 0 Å². The quantitative estimate of drug-likeness (QED) is 0.719. The van der Waals surface area contributed by atoms with Crippen LogP contribution in [0.25, 0.3) is 0 Å². The van der Waals surface area contributed by atoms with Gasteiger partial charge in [0.15, 0.2) is 0 Å². The molecule has 0 heterocycles. The van der Waals surface area contributed by atoms with Gasteiger partial charge in [-0.2, -0.15) is 0 Å². The van der Waals surface area contributed by atoms with Gasteiger partial charge in [0.2, 0.25) is 5.91 Å². The molecule has 0 saturated heterocycles. The third kappa shape index (κ3) is 5.21. The van der Waals surface area contributed by atoms with E-state index >= 15 is 0 Å². The van der Waals surface area contributed by atoms with Gasteiger partial charge >= 0.3 is 0 Å². The van der Waals surface area contributed by atoms with Crippen molar-refractivity contribution in [2.24, 2.45) is 5.92 Å². The number of rotatable bonds is 7. The van der Waals surface area contributed by atoms with Crippen LogP contribution in [0, 0.1) is 5.92 Å². The molecule has 1 aromatic rings. The van der Waals surface area contributed by atoms with Gasteiger partial charge < -0.3 is 10.6 Å². The van der Waals surface area contributed by atoms with Crippen LogP contribution >= 0.6 is 0 Å². The second-order valence-corrected chi connectivity index (χ2v) is 4.86. The molecule has 0 aliphatic carbocycles. The van der Waals surface area contributed by atoms with Crippen molar-refractivity contribution in [3.05, 3.63) is 24.3 Å². The number of unbranched alkanes of at least 4 members (excludes halogenated alkanes) is 2. The molecule has 0 radical (unpaired) electrons. The molecule has 0 bridgehead atoms. The van der Waals surface area contributed by atoms with E-state index < -0.39 is 0 Å². The second-order valence-electron chi connectivity index (χ2n) is 4.86. The van der Waals surface area contributed by atoms with E-state index in [2.05, 4.69) is 17.6 Å². The predicted molar refractivity (Wildman–Crippen MR) is 77.9 cm³/mol. The highest BCUT2D eigenvalue weighted by Gasteiger charge is 2.06. The molecule has 0 unspecified atom stereocenters. The Labute approximate surface area is 110 Å². The first-order valence-corrected chi connectivity index (χ1v) is 6.78. The highest BCUT2D eigenvalue weighted by Crippen LogP contribution is 2.14.